The van der Waals surface area contributed by atoms with Crippen LogP contribution in [0.1, 0.15) is 29.1 Å². The standard InChI is InChI=1S/C33H35N9O/c1-22-7-5-8-27(36-22)20-42-29-10-6-9-28(32(29)23(2)39-42)38-33(43)41(4)31-19-30(34-21-35-31)37-26-13-11-24(12-14-26)25-15-17-40(3)18-16-25/h5-15,19,21H,16-18,20H2,1-4H3,(H,38,43)(H,34,35,37). The van der Waals surface area contributed by atoms with Crippen molar-refractivity contribution in [3.05, 3.63) is 102 Å². The van der Waals surface area contributed by atoms with E-state index in [2.05, 4.69) is 55.7 Å². The van der Waals surface area contributed by atoms with Crippen molar-refractivity contribution in [2.75, 3.05) is 42.7 Å². The third-order valence-corrected chi connectivity index (χ3v) is 7.69. The minimum atomic E-state index is -0.319. The SMILES string of the molecule is Cc1cccc(Cn2nc(C)c3c(NC(=O)N(C)c4cc(Nc5ccc(C6=CCN(C)CC6)cc5)ncn4)cccc32)n1. The maximum atomic E-state index is 13.4. The number of aryl methyl sites for hydroxylation is 2. The second-order valence-corrected chi connectivity index (χ2v) is 10.9. The topological polar surface area (TPSA) is 104 Å². The molecule has 43 heavy (non-hydrogen) atoms. The summed E-state index contributed by atoms with van der Waals surface area (Å²) >= 11 is 0. The highest BCUT2D eigenvalue weighted by atomic mass is 16.2. The number of amides is 2. The quantitative estimate of drug-likeness (QED) is 0.245. The molecule has 3 aromatic heterocycles. The van der Waals surface area contributed by atoms with Gasteiger partial charge in [-0.2, -0.15) is 5.10 Å². The normalized spacial score (nSPS) is 13.5. The molecule has 10 heteroatoms. The Labute approximate surface area is 251 Å². The van der Waals surface area contributed by atoms with Crippen LogP contribution >= 0.6 is 0 Å². The van der Waals surface area contributed by atoms with E-state index in [1.807, 2.05) is 67.1 Å². The molecule has 0 unspecified atom stereocenters. The first-order chi connectivity index (χ1) is 20.8. The molecule has 6 rings (SSSR count). The maximum absolute atomic E-state index is 13.4. The lowest BCUT2D eigenvalue weighted by Gasteiger charge is -2.22. The first kappa shape index (κ1) is 28.0. The van der Waals surface area contributed by atoms with Gasteiger partial charge in [0.2, 0.25) is 0 Å². The van der Waals surface area contributed by atoms with Gasteiger partial charge in [0.1, 0.15) is 18.0 Å². The summed E-state index contributed by atoms with van der Waals surface area (Å²) < 4.78 is 1.92. The van der Waals surface area contributed by atoms with E-state index in [0.717, 1.165) is 53.2 Å². The fourth-order valence-corrected chi connectivity index (χ4v) is 5.34. The average Bonchev–Trinajstić information content (AvgIpc) is 3.33. The second kappa shape index (κ2) is 12.0. The van der Waals surface area contributed by atoms with Crippen molar-refractivity contribution in [3.63, 3.8) is 0 Å². The molecular weight excluding hydrogens is 538 g/mol. The molecule has 1 aliphatic rings. The molecule has 0 aliphatic carbocycles. The van der Waals surface area contributed by atoms with E-state index in [-0.39, 0.29) is 6.03 Å². The Hall–Kier alpha value is -5.09. The summed E-state index contributed by atoms with van der Waals surface area (Å²) in [7, 11) is 3.82. The number of pyridine rings is 1. The number of nitrogens with one attached hydrogen (secondary N) is 2. The van der Waals surface area contributed by atoms with Gasteiger partial charge in [-0.15, -0.1) is 0 Å². The second-order valence-electron chi connectivity index (χ2n) is 10.9. The Morgan fingerprint density at radius 1 is 1.02 bits per heavy atom. The van der Waals surface area contributed by atoms with Crippen LogP contribution in [0, 0.1) is 13.8 Å². The molecule has 2 N–H and O–H groups in total. The van der Waals surface area contributed by atoms with Crippen molar-refractivity contribution in [1.82, 2.24) is 29.6 Å². The van der Waals surface area contributed by atoms with Gasteiger partial charge in [-0.25, -0.2) is 14.8 Å². The molecule has 10 nitrogen and oxygen atoms in total. The smallest absolute Gasteiger partial charge is 0.327 e. The van der Waals surface area contributed by atoms with E-state index in [0.29, 0.717) is 23.9 Å². The highest BCUT2D eigenvalue weighted by molar-refractivity contribution is 6.07. The Bertz CT molecular complexity index is 1810. The van der Waals surface area contributed by atoms with E-state index < -0.39 is 0 Å². The molecular formula is C33H35N9O. The fraction of sp³-hybridized carbons (Fsp3) is 0.242. The Morgan fingerprint density at radius 3 is 2.60 bits per heavy atom. The number of fused-ring (bicyclic) bond motifs is 1. The summed E-state index contributed by atoms with van der Waals surface area (Å²) in [5, 5.41) is 12.0. The molecule has 0 radical (unpaired) electrons. The van der Waals surface area contributed by atoms with Crippen LogP contribution in [0.2, 0.25) is 0 Å². The van der Waals surface area contributed by atoms with Gasteiger partial charge in [0.25, 0.3) is 0 Å². The van der Waals surface area contributed by atoms with E-state index >= 15 is 0 Å². The maximum Gasteiger partial charge on any atom is 0.327 e. The van der Waals surface area contributed by atoms with Gasteiger partial charge >= 0.3 is 6.03 Å². The van der Waals surface area contributed by atoms with Gasteiger partial charge < -0.3 is 15.5 Å². The van der Waals surface area contributed by atoms with Crippen LogP contribution in [0.5, 0.6) is 0 Å². The zero-order valence-corrected chi connectivity index (χ0v) is 24.9. The molecule has 0 fully saturated rings. The number of benzene rings is 2. The summed E-state index contributed by atoms with van der Waals surface area (Å²) in [6.07, 6.45) is 4.79. The lowest BCUT2D eigenvalue weighted by Crippen LogP contribution is -2.32. The lowest BCUT2D eigenvalue weighted by molar-refractivity contribution is 0.258. The molecule has 218 valence electrons. The number of likely N-dealkylation sites (N-methyl/N-ethyl adjacent to an activating group) is 1. The van der Waals surface area contributed by atoms with Crippen LogP contribution in [0.15, 0.2) is 79.1 Å². The molecule has 0 saturated heterocycles. The summed E-state index contributed by atoms with van der Waals surface area (Å²) in [5.74, 6) is 1.06. The van der Waals surface area contributed by atoms with Crippen LogP contribution in [0.4, 0.5) is 27.8 Å². The van der Waals surface area contributed by atoms with Gasteiger partial charge in [0.05, 0.1) is 29.1 Å². The highest BCUT2D eigenvalue weighted by Gasteiger charge is 2.18. The van der Waals surface area contributed by atoms with Gasteiger partial charge in [0.15, 0.2) is 0 Å². The summed E-state index contributed by atoms with van der Waals surface area (Å²) in [6, 6.07) is 21.6. The van der Waals surface area contributed by atoms with Crippen LogP contribution in [-0.4, -0.2) is 62.8 Å². The number of aromatic nitrogens is 5. The zero-order valence-electron chi connectivity index (χ0n) is 24.9. The summed E-state index contributed by atoms with van der Waals surface area (Å²) in [5.41, 5.74) is 7.85. The number of carbonyl (C=O) groups excluding carboxylic acids is 1. The monoisotopic (exact) mass is 573 g/mol. The van der Waals surface area contributed by atoms with E-state index in [9.17, 15) is 4.79 Å². The van der Waals surface area contributed by atoms with Gasteiger partial charge in [-0.05, 0) is 74.9 Å². The average molecular weight is 574 g/mol. The number of anilines is 4. The Kier molecular flexibility index (Phi) is 7.84. The molecule has 5 aromatic rings. The van der Waals surface area contributed by atoms with Gasteiger partial charge in [-0.3, -0.25) is 14.6 Å². The molecule has 2 amide bonds. The number of hydrogen-bond acceptors (Lipinski definition) is 7. The van der Waals surface area contributed by atoms with Crippen molar-refractivity contribution in [2.45, 2.75) is 26.8 Å². The molecule has 2 aromatic carbocycles. The summed E-state index contributed by atoms with van der Waals surface area (Å²) in [6.45, 7) is 6.51. The number of nitrogens with zero attached hydrogens (tertiary/aromatic N) is 7. The first-order valence-electron chi connectivity index (χ1n) is 14.3. The number of rotatable bonds is 7. The van der Waals surface area contributed by atoms with Crippen molar-refractivity contribution >= 4 is 45.5 Å². The minimum absolute atomic E-state index is 0.319. The van der Waals surface area contributed by atoms with Crippen LogP contribution in [-0.2, 0) is 6.54 Å². The van der Waals surface area contributed by atoms with E-state index in [1.54, 1.807) is 13.1 Å². The van der Waals surface area contributed by atoms with Crippen molar-refractivity contribution < 1.29 is 4.79 Å². The third kappa shape index (κ3) is 6.24. The van der Waals surface area contributed by atoms with E-state index in [4.69, 9.17) is 5.10 Å². The van der Waals surface area contributed by atoms with Gasteiger partial charge in [0, 0.05) is 43.0 Å². The highest BCUT2D eigenvalue weighted by Crippen LogP contribution is 2.28. The third-order valence-electron chi connectivity index (χ3n) is 7.69. The molecule has 0 spiro atoms. The van der Waals surface area contributed by atoms with Crippen molar-refractivity contribution in [2.24, 2.45) is 0 Å². The fourth-order valence-electron chi connectivity index (χ4n) is 5.34. The minimum Gasteiger partial charge on any atom is -0.340 e. The molecule has 1 aliphatic heterocycles. The number of carbonyl (C=O) groups is 1. The van der Waals surface area contributed by atoms with E-state index in [1.165, 1.54) is 22.4 Å². The number of hydrogen-bond donors (Lipinski definition) is 2. The predicted octanol–water partition coefficient (Wildman–Crippen LogP) is 6.02. The lowest BCUT2D eigenvalue weighted by atomic mass is 9.99. The zero-order chi connectivity index (χ0) is 29.9. The largest absolute Gasteiger partial charge is 0.340 e. The molecule has 0 bridgehead atoms. The predicted molar refractivity (Wildman–Crippen MR) is 172 cm³/mol. The first-order valence-corrected chi connectivity index (χ1v) is 14.3. The van der Waals surface area contributed by atoms with Crippen LogP contribution in [0.25, 0.3) is 16.5 Å². The van der Waals surface area contributed by atoms with Crippen molar-refractivity contribution in [3.8, 4) is 0 Å². The van der Waals surface area contributed by atoms with Gasteiger partial charge in [-0.1, -0.05) is 30.3 Å². The van der Waals surface area contributed by atoms with Crippen molar-refractivity contribution in [1.29, 1.82) is 0 Å². The molecule has 0 atom stereocenters. The van der Waals surface area contributed by atoms with Crippen LogP contribution in [0.3, 0.4) is 0 Å². The Balaban J connectivity index is 1.15. The molecule has 0 saturated carbocycles. The summed E-state index contributed by atoms with van der Waals surface area (Å²) in [4.78, 5) is 30.5. The molecule has 4 heterocycles. The van der Waals surface area contributed by atoms with Crippen LogP contribution < -0.4 is 15.5 Å². The number of urea groups is 1. The Morgan fingerprint density at radius 2 is 1.84 bits per heavy atom.